The zero-order valence-corrected chi connectivity index (χ0v) is 10.5. The molecule has 0 aliphatic carbocycles. The summed E-state index contributed by atoms with van der Waals surface area (Å²) >= 11 is 8.57. The van der Waals surface area contributed by atoms with Crippen LogP contribution in [0.3, 0.4) is 0 Å². The molecule has 0 saturated carbocycles. The van der Waals surface area contributed by atoms with Gasteiger partial charge in [-0.3, -0.25) is 0 Å². The van der Waals surface area contributed by atoms with Gasteiger partial charge in [0.25, 0.3) is 6.43 Å². The highest BCUT2D eigenvalue weighted by Crippen LogP contribution is 2.32. The molecule has 7 heteroatoms. The maximum absolute atomic E-state index is 12.5. The molecule has 0 aromatic carbocycles. The Hall–Kier alpha value is -0.750. The number of carbonyl (C=O) groups excluding carboxylic acids is 1. The SMILES string of the molecule is CCOC(=O)c1cc(Br)c(Cl)c(C(F)F)n1. The van der Waals surface area contributed by atoms with Crippen LogP contribution in [0.1, 0.15) is 29.5 Å². The molecule has 0 fully saturated rings. The number of hydrogen-bond donors (Lipinski definition) is 0. The van der Waals surface area contributed by atoms with Crippen molar-refractivity contribution < 1.29 is 18.3 Å². The molecule has 1 rings (SSSR count). The zero-order chi connectivity index (χ0) is 12.3. The van der Waals surface area contributed by atoms with E-state index >= 15 is 0 Å². The normalized spacial score (nSPS) is 10.6. The van der Waals surface area contributed by atoms with Gasteiger partial charge in [0.1, 0.15) is 11.4 Å². The van der Waals surface area contributed by atoms with E-state index in [9.17, 15) is 13.6 Å². The van der Waals surface area contributed by atoms with Crippen LogP contribution in [0, 0.1) is 0 Å². The minimum atomic E-state index is -2.85. The Balaban J connectivity index is 3.18. The van der Waals surface area contributed by atoms with Gasteiger partial charge in [-0.05, 0) is 28.9 Å². The fraction of sp³-hybridized carbons (Fsp3) is 0.333. The van der Waals surface area contributed by atoms with Gasteiger partial charge in [-0.2, -0.15) is 0 Å². The van der Waals surface area contributed by atoms with E-state index < -0.39 is 18.1 Å². The van der Waals surface area contributed by atoms with Crippen molar-refractivity contribution >= 4 is 33.5 Å². The third-order valence-corrected chi connectivity index (χ3v) is 2.88. The van der Waals surface area contributed by atoms with Gasteiger partial charge in [0.15, 0.2) is 0 Å². The second kappa shape index (κ2) is 5.54. The van der Waals surface area contributed by atoms with Crippen LogP contribution < -0.4 is 0 Å². The van der Waals surface area contributed by atoms with Crippen LogP contribution >= 0.6 is 27.5 Å². The van der Waals surface area contributed by atoms with Crippen molar-refractivity contribution in [1.82, 2.24) is 4.98 Å². The smallest absolute Gasteiger partial charge is 0.356 e. The van der Waals surface area contributed by atoms with Gasteiger partial charge < -0.3 is 4.74 Å². The number of halogens is 4. The van der Waals surface area contributed by atoms with E-state index in [1.165, 1.54) is 6.07 Å². The number of carbonyl (C=O) groups is 1. The van der Waals surface area contributed by atoms with Crippen LogP contribution in [0.4, 0.5) is 8.78 Å². The fourth-order valence-electron chi connectivity index (χ4n) is 0.971. The molecular formula is C9H7BrClF2NO2. The third kappa shape index (κ3) is 2.89. The number of rotatable bonds is 3. The maximum Gasteiger partial charge on any atom is 0.356 e. The summed E-state index contributed by atoms with van der Waals surface area (Å²) in [5.41, 5.74) is -0.840. The summed E-state index contributed by atoms with van der Waals surface area (Å²) in [4.78, 5) is 14.8. The first kappa shape index (κ1) is 13.3. The number of aromatic nitrogens is 1. The Morgan fingerprint density at radius 3 is 2.81 bits per heavy atom. The van der Waals surface area contributed by atoms with Crippen molar-refractivity contribution in [3.05, 3.63) is 26.9 Å². The molecule has 0 bridgehead atoms. The van der Waals surface area contributed by atoms with Crippen LogP contribution in [0.25, 0.3) is 0 Å². The number of alkyl halides is 2. The molecule has 0 N–H and O–H groups in total. The van der Waals surface area contributed by atoms with E-state index in [-0.39, 0.29) is 21.8 Å². The van der Waals surface area contributed by atoms with Gasteiger partial charge in [0, 0.05) is 4.47 Å². The van der Waals surface area contributed by atoms with E-state index in [0.717, 1.165) is 0 Å². The van der Waals surface area contributed by atoms with Crippen LogP contribution in [0.2, 0.25) is 5.02 Å². The number of ether oxygens (including phenoxy) is 1. The first-order valence-corrected chi connectivity index (χ1v) is 5.45. The van der Waals surface area contributed by atoms with E-state index in [2.05, 4.69) is 25.7 Å². The molecule has 0 spiro atoms. The summed E-state index contributed by atoms with van der Waals surface area (Å²) in [7, 11) is 0. The third-order valence-electron chi connectivity index (χ3n) is 1.63. The van der Waals surface area contributed by atoms with Crippen molar-refractivity contribution in [2.45, 2.75) is 13.3 Å². The number of pyridine rings is 1. The van der Waals surface area contributed by atoms with Crippen LogP contribution in [-0.4, -0.2) is 17.6 Å². The quantitative estimate of drug-likeness (QED) is 0.800. The Labute approximate surface area is 104 Å². The first-order chi connectivity index (χ1) is 7.47. The monoisotopic (exact) mass is 313 g/mol. The minimum Gasteiger partial charge on any atom is -0.461 e. The average molecular weight is 315 g/mol. The number of nitrogens with zero attached hydrogens (tertiary/aromatic N) is 1. The van der Waals surface area contributed by atoms with Crippen LogP contribution in [0.5, 0.6) is 0 Å². The molecule has 0 aliphatic rings. The molecular weight excluding hydrogens is 307 g/mol. The fourth-order valence-corrected chi connectivity index (χ4v) is 1.57. The van der Waals surface area contributed by atoms with Gasteiger partial charge in [0.2, 0.25) is 0 Å². The van der Waals surface area contributed by atoms with Crippen molar-refractivity contribution in [2.24, 2.45) is 0 Å². The first-order valence-electron chi connectivity index (χ1n) is 4.28. The van der Waals surface area contributed by atoms with Crippen molar-refractivity contribution in [3.8, 4) is 0 Å². The molecule has 16 heavy (non-hydrogen) atoms. The summed E-state index contributed by atoms with van der Waals surface area (Å²) < 4.78 is 29.9. The van der Waals surface area contributed by atoms with Crippen molar-refractivity contribution in [1.29, 1.82) is 0 Å². The maximum atomic E-state index is 12.5. The predicted octanol–water partition coefficient (Wildman–Crippen LogP) is 3.61. The second-order valence-corrected chi connectivity index (χ2v) is 3.94. The summed E-state index contributed by atoms with van der Waals surface area (Å²) in [6.45, 7) is 1.75. The molecule has 0 saturated heterocycles. The highest BCUT2D eigenvalue weighted by molar-refractivity contribution is 9.10. The Morgan fingerprint density at radius 2 is 2.31 bits per heavy atom. The summed E-state index contributed by atoms with van der Waals surface area (Å²) in [5, 5.41) is -0.206. The summed E-state index contributed by atoms with van der Waals surface area (Å²) in [6, 6.07) is 1.24. The molecule has 0 unspecified atom stereocenters. The topological polar surface area (TPSA) is 39.2 Å². The molecule has 0 radical (unpaired) electrons. The molecule has 0 amide bonds. The molecule has 1 aromatic heterocycles. The molecule has 1 heterocycles. The molecule has 0 atom stereocenters. The lowest BCUT2D eigenvalue weighted by Crippen LogP contribution is -2.09. The lowest BCUT2D eigenvalue weighted by molar-refractivity contribution is 0.0518. The average Bonchev–Trinajstić information content (AvgIpc) is 2.21. The van der Waals surface area contributed by atoms with Gasteiger partial charge in [0.05, 0.1) is 11.6 Å². The van der Waals surface area contributed by atoms with E-state index in [0.29, 0.717) is 0 Å². The van der Waals surface area contributed by atoms with E-state index in [1.54, 1.807) is 6.92 Å². The minimum absolute atomic E-state index is 0.144. The Morgan fingerprint density at radius 1 is 1.69 bits per heavy atom. The van der Waals surface area contributed by atoms with Gasteiger partial charge in [-0.1, -0.05) is 11.6 Å². The summed E-state index contributed by atoms with van der Waals surface area (Å²) in [5.74, 6) is -0.762. The van der Waals surface area contributed by atoms with Crippen LogP contribution in [0.15, 0.2) is 10.5 Å². The lowest BCUT2D eigenvalue weighted by atomic mass is 10.3. The molecule has 0 aliphatic heterocycles. The number of hydrogen-bond acceptors (Lipinski definition) is 3. The van der Waals surface area contributed by atoms with Gasteiger partial charge >= 0.3 is 5.97 Å². The highest BCUT2D eigenvalue weighted by atomic mass is 79.9. The molecule has 1 aromatic rings. The molecule has 88 valence electrons. The Kier molecular flexibility index (Phi) is 4.61. The van der Waals surface area contributed by atoms with Gasteiger partial charge in [-0.25, -0.2) is 18.6 Å². The van der Waals surface area contributed by atoms with Crippen LogP contribution in [-0.2, 0) is 4.74 Å². The van der Waals surface area contributed by atoms with E-state index in [4.69, 9.17) is 11.6 Å². The Bertz CT molecular complexity index is 415. The molecule has 3 nitrogen and oxygen atoms in total. The lowest BCUT2D eigenvalue weighted by Gasteiger charge is -2.07. The number of esters is 1. The van der Waals surface area contributed by atoms with E-state index in [1.807, 2.05) is 0 Å². The standard InChI is InChI=1S/C9H7BrClF2NO2/c1-2-16-9(15)5-3-4(10)6(11)7(14-5)8(12)13/h3,8H,2H2,1H3. The predicted molar refractivity (Wildman–Crippen MR) is 57.9 cm³/mol. The van der Waals surface area contributed by atoms with Crippen molar-refractivity contribution in [3.63, 3.8) is 0 Å². The zero-order valence-electron chi connectivity index (χ0n) is 8.14. The summed E-state index contributed by atoms with van der Waals surface area (Å²) in [6.07, 6.45) is -2.85. The second-order valence-electron chi connectivity index (χ2n) is 2.71. The largest absolute Gasteiger partial charge is 0.461 e. The van der Waals surface area contributed by atoms with Crippen molar-refractivity contribution in [2.75, 3.05) is 6.61 Å². The van der Waals surface area contributed by atoms with Gasteiger partial charge in [-0.15, -0.1) is 0 Å². The highest BCUT2D eigenvalue weighted by Gasteiger charge is 2.20.